The van der Waals surface area contributed by atoms with E-state index in [0.29, 0.717) is 54.5 Å². The lowest BCUT2D eigenvalue weighted by Gasteiger charge is -2.28. The first kappa shape index (κ1) is 24.1. The van der Waals surface area contributed by atoms with Crippen molar-refractivity contribution in [2.45, 2.75) is 32.0 Å². The number of carbonyl (C=O) groups is 1. The van der Waals surface area contributed by atoms with Gasteiger partial charge in [-0.3, -0.25) is 9.78 Å². The van der Waals surface area contributed by atoms with E-state index in [1.165, 1.54) is 6.07 Å². The molecule has 0 fully saturated rings. The number of ether oxygens (including phenoxy) is 1. The first-order chi connectivity index (χ1) is 17.2. The third kappa shape index (κ3) is 4.86. The largest absolute Gasteiger partial charge is 0.489 e. The molecular formula is C25H21ClF3N5O2. The van der Waals surface area contributed by atoms with Gasteiger partial charge in [-0.2, -0.15) is 13.2 Å². The molecule has 11 heteroatoms. The van der Waals surface area contributed by atoms with Gasteiger partial charge in [-0.15, -0.1) is 0 Å². The lowest BCUT2D eigenvalue weighted by Crippen LogP contribution is -2.37. The number of carbonyl (C=O) groups excluding carboxylic acids is 1. The van der Waals surface area contributed by atoms with Crippen molar-refractivity contribution in [2.75, 3.05) is 23.4 Å². The molecule has 1 N–H and O–H groups in total. The van der Waals surface area contributed by atoms with E-state index in [0.717, 1.165) is 23.3 Å². The van der Waals surface area contributed by atoms with Gasteiger partial charge in [0.1, 0.15) is 23.9 Å². The van der Waals surface area contributed by atoms with Gasteiger partial charge in [-0.05, 0) is 42.6 Å². The normalized spacial score (nSPS) is 16.8. The summed E-state index contributed by atoms with van der Waals surface area (Å²) in [5.74, 6) is 0.846. The van der Waals surface area contributed by atoms with Crippen molar-refractivity contribution in [1.82, 2.24) is 15.0 Å². The Kier molecular flexibility index (Phi) is 6.29. The van der Waals surface area contributed by atoms with Crippen molar-refractivity contribution in [2.24, 2.45) is 0 Å². The fraction of sp³-hybridized carbons (Fsp3) is 0.280. The highest BCUT2D eigenvalue weighted by atomic mass is 35.5. The lowest BCUT2D eigenvalue weighted by molar-refractivity contribution is -0.137. The molecule has 5 rings (SSSR count). The maximum atomic E-state index is 13.1. The van der Waals surface area contributed by atoms with Gasteiger partial charge in [0, 0.05) is 36.4 Å². The fourth-order valence-electron chi connectivity index (χ4n) is 4.38. The average molecular weight is 516 g/mol. The Morgan fingerprint density at radius 1 is 1.25 bits per heavy atom. The van der Waals surface area contributed by atoms with Crippen molar-refractivity contribution in [3.8, 4) is 5.75 Å². The highest BCUT2D eigenvalue weighted by molar-refractivity contribution is 6.28. The number of rotatable bonds is 4. The summed E-state index contributed by atoms with van der Waals surface area (Å²) in [4.78, 5) is 27.4. The first-order valence-corrected chi connectivity index (χ1v) is 11.6. The molecule has 0 radical (unpaired) electrons. The van der Waals surface area contributed by atoms with Crippen LogP contribution in [0.5, 0.6) is 5.75 Å². The van der Waals surface area contributed by atoms with Gasteiger partial charge in [-0.25, -0.2) is 9.97 Å². The Bertz CT molecular complexity index is 1360. The summed E-state index contributed by atoms with van der Waals surface area (Å²) in [5, 5.41) is 3.20. The number of fused-ring (bicyclic) bond motifs is 2. The van der Waals surface area contributed by atoms with Gasteiger partial charge in [0.2, 0.25) is 5.28 Å². The van der Waals surface area contributed by atoms with Gasteiger partial charge in [0.15, 0.2) is 0 Å². The number of hydrogen-bond acceptors (Lipinski definition) is 6. The highest BCUT2D eigenvalue weighted by Gasteiger charge is 2.31. The number of halogens is 4. The predicted octanol–water partition coefficient (Wildman–Crippen LogP) is 5.17. The average Bonchev–Trinajstić information content (AvgIpc) is 3.25. The molecule has 1 aliphatic heterocycles. The molecule has 36 heavy (non-hydrogen) atoms. The zero-order valence-electron chi connectivity index (χ0n) is 19.1. The molecule has 0 saturated heterocycles. The van der Waals surface area contributed by atoms with Crippen LogP contribution in [0, 0.1) is 0 Å². The van der Waals surface area contributed by atoms with Crippen LogP contribution in [-0.2, 0) is 23.8 Å². The Labute approximate surface area is 210 Å². The minimum Gasteiger partial charge on any atom is -0.489 e. The van der Waals surface area contributed by atoms with Gasteiger partial charge in [-0.1, -0.05) is 17.7 Å². The number of anilines is 2. The number of benzene rings is 1. The van der Waals surface area contributed by atoms with Crippen LogP contribution in [-0.4, -0.2) is 34.0 Å². The Morgan fingerprint density at radius 2 is 2.08 bits per heavy atom. The molecule has 2 aromatic heterocycles. The lowest BCUT2D eigenvalue weighted by atomic mass is 10.0. The summed E-state index contributed by atoms with van der Waals surface area (Å²) in [5.41, 5.74) is 2.62. The van der Waals surface area contributed by atoms with Crippen molar-refractivity contribution in [1.29, 1.82) is 0 Å². The quantitative estimate of drug-likeness (QED) is 0.381. The number of amides is 1. The second-order valence-electron chi connectivity index (χ2n) is 8.59. The van der Waals surface area contributed by atoms with E-state index >= 15 is 0 Å². The van der Waals surface area contributed by atoms with E-state index in [9.17, 15) is 18.0 Å². The molecule has 1 amide bonds. The number of nitrogens with one attached hydrogen (secondary N) is 1. The number of nitrogens with zero attached hydrogens (tertiary/aromatic N) is 4. The molecule has 7 nitrogen and oxygen atoms in total. The molecule has 3 aromatic rings. The number of alkyl halides is 3. The standard InChI is InChI=1S/C25H21ClF3N5O2/c1-14(16-3-2-4-17(12-16)25(27,28)29)31-23-18-9-15(10-19(18)32-24(26)33-23)11-22(35)34-7-8-36-21-5-6-30-13-20(21)34/h2-6,11-14H,7-10H2,1H3,(H,31,32,33)/t14-/m1/s1. The van der Waals surface area contributed by atoms with Crippen molar-refractivity contribution >= 4 is 29.0 Å². The summed E-state index contributed by atoms with van der Waals surface area (Å²) in [6.45, 7) is 2.53. The second kappa shape index (κ2) is 9.42. The van der Waals surface area contributed by atoms with E-state index in [1.807, 2.05) is 0 Å². The van der Waals surface area contributed by atoms with Crippen LogP contribution < -0.4 is 15.0 Å². The molecule has 186 valence electrons. The molecule has 1 aliphatic carbocycles. The smallest absolute Gasteiger partial charge is 0.416 e. The van der Waals surface area contributed by atoms with Crippen LogP contribution in [0.2, 0.25) is 5.28 Å². The Hall–Kier alpha value is -3.66. The Balaban J connectivity index is 1.37. The molecular weight excluding hydrogens is 495 g/mol. The van der Waals surface area contributed by atoms with E-state index in [2.05, 4.69) is 20.3 Å². The van der Waals surface area contributed by atoms with Gasteiger partial charge in [0.05, 0.1) is 24.0 Å². The number of aromatic nitrogens is 3. The molecule has 0 spiro atoms. The van der Waals surface area contributed by atoms with E-state index in [4.69, 9.17) is 16.3 Å². The van der Waals surface area contributed by atoms with Crippen LogP contribution >= 0.6 is 11.6 Å². The number of pyridine rings is 1. The molecule has 0 bridgehead atoms. The summed E-state index contributed by atoms with van der Waals surface area (Å²) >= 11 is 6.15. The minimum atomic E-state index is -4.43. The maximum absolute atomic E-state index is 13.1. The molecule has 2 aliphatic rings. The molecule has 0 saturated carbocycles. The predicted molar refractivity (Wildman–Crippen MR) is 128 cm³/mol. The summed E-state index contributed by atoms with van der Waals surface area (Å²) in [6.07, 6.45) is 1.18. The minimum absolute atomic E-state index is 0.0215. The van der Waals surface area contributed by atoms with Crippen molar-refractivity contribution < 1.29 is 22.7 Å². The van der Waals surface area contributed by atoms with Crippen molar-refractivity contribution in [3.63, 3.8) is 0 Å². The van der Waals surface area contributed by atoms with E-state index < -0.39 is 17.8 Å². The third-order valence-electron chi connectivity index (χ3n) is 6.15. The molecule has 0 unspecified atom stereocenters. The van der Waals surface area contributed by atoms with E-state index in [1.54, 1.807) is 42.4 Å². The fourth-order valence-corrected chi connectivity index (χ4v) is 4.56. The van der Waals surface area contributed by atoms with Crippen LogP contribution in [0.3, 0.4) is 0 Å². The highest BCUT2D eigenvalue weighted by Crippen LogP contribution is 2.35. The van der Waals surface area contributed by atoms with Crippen LogP contribution in [0.15, 0.2) is 54.4 Å². The topological polar surface area (TPSA) is 80.2 Å². The zero-order valence-corrected chi connectivity index (χ0v) is 19.9. The molecule has 1 aromatic carbocycles. The first-order valence-electron chi connectivity index (χ1n) is 11.3. The monoisotopic (exact) mass is 515 g/mol. The van der Waals surface area contributed by atoms with Gasteiger partial charge >= 0.3 is 6.18 Å². The maximum Gasteiger partial charge on any atom is 0.416 e. The number of hydrogen-bond donors (Lipinski definition) is 1. The summed E-state index contributed by atoms with van der Waals surface area (Å²) in [7, 11) is 0. The zero-order chi connectivity index (χ0) is 25.4. The molecule has 1 atom stereocenters. The van der Waals surface area contributed by atoms with Crippen LogP contribution in [0.4, 0.5) is 24.7 Å². The Morgan fingerprint density at radius 3 is 2.89 bits per heavy atom. The molecule has 3 heterocycles. The van der Waals surface area contributed by atoms with E-state index in [-0.39, 0.29) is 11.2 Å². The van der Waals surface area contributed by atoms with Crippen molar-refractivity contribution in [3.05, 3.63) is 82.0 Å². The third-order valence-corrected chi connectivity index (χ3v) is 6.32. The van der Waals surface area contributed by atoms with Crippen LogP contribution in [0.25, 0.3) is 0 Å². The second-order valence-corrected chi connectivity index (χ2v) is 8.93. The summed E-state index contributed by atoms with van der Waals surface area (Å²) < 4.78 is 45.0. The SMILES string of the molecule is C[C@@H](Nc1nc(Cl)nc2c1CC(=CC(=O)N1CCOc3ccncc31)C2)c1cccc(C(F)(F)F)c1. The van der Waals surface area contributed by atoms with Crippen LogP contribution in [0.1, 0.15) is 35.3 Å². The number of allylic oxidation sites excluding steroid dienone is 1. The van der Waals surface area contributed by atoms with Gasteiger partial charge in [0.25, 0.3) is 5.91 Å². The van der Waals surface area contributed by atoms with Gasteiger partial charge < -0.3 is 15.0 Å². The summed E-state index contributed by atoms with van der Waals surface area (Å²) in [6, 6.07) is 6.38.